The summed E-state index contributed by atoms with van der Waals surface area (Å²) in [6.45, 7) is 4.32. The van der Waals surface area contributed by atoms with Crippen molar-refractivity contribution < 1.29 is 9.84 Å². The van der Waals surface area contributed by atoms with Gasteiger partial charge in [0.2, 0.25) is 0 Å². The largest absolute Gasteiger partial charge is 0.491 e. The number of aliphatic hydroxyl groups is 1. The number of benzene rings is 2. The van der Waals surface area contributed by atoms with Gasteiger partial charge in [0.15, 0.2) is 0 Å². The van der Waals surface area contributed by atoms with Gasteiger partial charge in [0.1, 0.15) is 18.5 Å². The molecule has 1 N–H and O–H groups in total. The maximum atomic E-state index is 10.2. The monoisotopic (exact) mass is 371 g/mol. The highest BCUT2D eigenvalue weighted by molar-refractivity contribution is 6.33. The SMILES string of the molecule is N#Cc1ccc(OCC(O)CN2CCN(c3ccccc3Cl)CC2)cc1. The predicted octanol–water partition coefficient (Wildman–Crippen LogP) is 2.77. The van der Waals surface area contributed by atoms with E-state index in [0.717, 1.165) is 36.9 Å². The van der Waals surface area contributed by atoms with Gasteiger partial charge in [-0.3, -0.25) is 4.90 Å². The molecule has 0 aliphatic carbocycles. The Balaban J connectivity index is 1.42. The molecule has 0 aromatic heterocycles. The average molecular weight is 372 g/mol. The van der Waals surface area contributed by atoms with Gasteiger partial charge in [-0.05, 0) is 36.4 Å². The Labute approximate surface area is 159 Å². The Morgan fingerprint density at radius 3 is 2.42 bits per heavy atom. The molecular weight excluding hydrogens is 350 g/mol. The third-order valence-corrected chi connectivity index (χ3v) is 4.78. The molecule has 1 aliphatic heterocycles. The van der Waals surface area contributed by atoms with Crippen molar-refractivity contribution in [2.45, 2.75) is 6.10 Å². The van der Waals surface area contributed by atoms with Gasteiger partial charge in [-0.25, -0.2) is 0 Å². The van der Waals surface area contributed by atoms with Crippen LogP contribution in [0.5, 0.6) is 5.75 Å². The number of aliphatic hydroxyl groups excluding tert-OH is 1. The second-order valence-corrected chi connectivity index (χ2v) is 6.75. The van der Waals surface area contributed by atoms with Gasteiger partial charge in [-0.2, -0.15) is 5.26 Å². The summed E-state index contributed by atoms with van der Waals surface area (Å²) in [5.41, 5.74) is 1.66. The molecule has 0 amide bonds. The topological polar surface area (TPSA) is 59.7 Å². The van der Waals surface area contributed by atoms with Gasteiger partial charge in [0.05, 0.1) is 22.3 Å². The number of nitrogens with zero attached hydrogens (tertiary/aromatic N) is 3. The zero-order valence-corrected chi connectivity index (χ0v) is 15.3. The second kappa shape index (κ2) is 8.91. The standard InChI is InChI=1S/C20H22ClN3O2/c21-19-3-1-2-4-20(19)24-11-9-23(10-12-24)14-17(25)15-26-18-7-5-16(13-22)6-8-18/h1-8,17,25H,9-12,14-15H2. The molecule has 1 fully saturated rings. The van der Waals surface area contributed by atoms with Crippen LogP contribution in [0.3, 0.4) is 0 Å². The molecule has 26 heavy (non-hydrogen) atoms. The van der Waals surface area contributed by atoms with Crippen molar-refractivity contribution in [1.29, 1.82) is 5.26 Å². The van der Waals surface area contributed by atoms with E-state index in [-0.39, 0.29) is 6.61 Å². The molecule has 5 nitrogen and oxygen atoms in total. The molecule has 0 saturated carbocycles. The van der Waals surface area contributed by atoms with Crippen LogP contribution in [0.25, 0.3) is 0 Å². The summed E-state index contributed by atoms with van der Waals surface area (Å²) < 4.78 is 5.60. The minimum atomic E-state index is -0.558. The number of hydrogen-bond acceptors (Lipinski definition) is 5. The minimum Gasteiger partial charge on any atom is -0.491 e. The molecule has 6 heteroatoms. The molecule has 0 spiro atoms. The van der Waals surface area contributed by atoms with Crippen LogP contribution in [0.2, 0.25) is 5.02 Å². The van der Waals surface area contributed by atoms with Gasteiger partial charge in [0.25, 0.3) is 0 Å². The number of halogens is 1. The molecule has 1 atom stereocenters. The highest BCUT2D eigenvalue weighted by Crippen LogP contribution is 2.26. The predicted molar refractivity (Wildman–Crippen MR) is 103 cm³/mol. The Hall–Kier alpha value is -2.26. The molecule has 1 heterocycles. The smallest absolute Gasteiger partial charge is 0.119 e. The molecule has 1 unspecified atom stereocenters. The number of rotatable bonds is 6. The van der Waals surface area contributed by atoms with Crippen LogP contribution < -0.4 is 9.64 Å². The average Bonchev–Trinajstić information content (AvgIpc) is 2.68. The number of piperazine rings is 1. The van der Waals surface area contributed by atoms with E-state index in [1.54, 1.807) is 24.3 Å². The quantitative estimate of drug-likeness (QED) is 0.846. The van der Waals surface area contributed by atoms with E-state index >= 15 is 0 Å². The van der Waals surface area contributed by atoms with Crippen molar-refractivity contribution >= 4 is 17.3 Å². The highest BCUT2D eigenvalue weighted by Gasteiger charge is 2.20. The number of β-amino-alcohol motifs (C(OH)–C–C–N with tert-alkyl or cyclic N) is 1. The van der Waals surface area contributed by atoms with Crippen LogP contribution in [0.1, 0.15) is 5.56 Å². The first-order chi connectivity index (χ1) is 12.7. The molecule has 1 aliphatic rings. The van der Waals surface area contributed by atoms with E-state index in [2.05, 4.69) is 15.9 Å². The lowest BCUT2D eigenvalue weighted by molar-refractivity contribution is 0.0663. The molecule has 0 radical (unpaired) electrons. The first-order valence-corrected chi connectivity index (χ1v) is 9.06. The number of anilines is 1. The van der Waals surface area contributed by atoms with E-state index in [0.29, 0.717) is 17.9 Å². The van der Waals surface area contributed by atoms with Crippen molar-refractivity contribution in [3.8, 4) is 11.8 Å². The van der Waals surface area contributed by atoms with E-state index in [1.165, 1.54) is 0 Å². The van der Waals surface area contributed by atoms with Crippen LogP contribution >= 0.6 is 11.6 Å². The van der Waals surface area contributed by atoms with Crippen LogP contribution in [-0.4, -0.2) is 55.4 Å². The van der Waals surface area contributed by atoms with E-state index < -0.39 is 6.10 Å². The van der Waals surface area contributed by atoms with Crippen LogP contribution in [-0.2, 0) is 0 Å². The lowest BCUT2D eigenvalue weighted by Crippen LogP contribution is -2.49. The fourth-order valence-corrected chi connectivity index (χ4v) is 3.30. The maximum Gasteiger partial charge on any atom is 0.119 e. The summed E-state index contributed by atoms with van der Waals surface area (Å²) in [4.78, 5) is 4.51. The van der Waals surface area contributed by atoms with Gasteiger partial charge in [-0.1, -0.05) is 23.7 Å². The Kier molecular flexibility index (Phi) is 6.35. The zero-order chi connectivity index (χ0) is 18.4. The van der Waals surface area contributed by atoms with Gasteiger partial charge >= 0.3 is 0 Å². The van der Waals surface area contributed by atoms with Crippen molar-refractivity contribution in [2.75, 3.05) is 44.2 Å². The van der Waals surface area contributed by atoms with Gasteiger partial charge in [0, 0.05) is 32.7 Å². The zero-order valence-electron chi connectivity index (χ0n) is 14.5. The fourth-order valence-electron chi connectivity index (χ4n) is 3.05. The minimum absolute atomic E-state index is 0.233. The summed E-state index contributed by atoms with van der Waals surface area (Å²) in [6, 6.07) is 16.8. The van der Waals surface area contributed by atoms with E-state index in [1.807, 2.05) is 24.3 Å². The summed E-state index contributed by atoms with van der Waals surface area (Å²) in [5.74, 6) is 0.659. The van der Waals surface area contributed by atoms with Gasteiger partial charge < -0.3 is 14.7 Å². The molecular formula is C20H22ClN3O2. The van der Waals surface area contributed by atoms with E-state index in [4.69, 9.17) is 21.6 Å². The van der Waals surface area contributed by atoms with Gasteiger partial charge in [-0.15, -0.1) is 0 Å². The van der Waals surface area contributed by atoms with Crippen LogP contribution in [0.15, 0.2) is 48.5 Å². The van der Waals surface area contributed by atoms with Crippen molar-refractivity contribution in [3.05, 3.63) is 59.1 Å². The summed E-state index contributed by atoms with van der Waals surface area (Å²) >= 11 is 6.27. The molecule has 0 bridgehead atoms. The molecule has 136 valence electrons. The summed E-state index contributed by atoms with van der Waals surface area (Å²) in [6.07, 6.45) is -0.558. The fraction of sp³-hybridized carbons (Fsp3) is 0.350. The Bertz CT molecular complexity index is 752. The molecule has 3 rings (SSSR count). The van der Waals surface area contributed by atoms with E-state index in [9.17, 15) is 5.11 Å². The number of ether oxygens (including phenoxy) is 1. The maximum absolute atomic E-state index is 10.2. The highest BCUT2D eigenvalue weighted by atomic mass is 35.5. The van der Waals surface area contributed by atoms with Crippen molar-refractivity contribution in [1.82, 2.24) is 4.90 Å². The van der Waals surface area contributed by atoms with Crippen molar-refractivity contribution in [3.63, 3.8) is 0 Å². The third kappa shape index (κ3) is 4.89. The number of para-hydroxylation sites is 1. The molecule has 2 aromatic carbocycles. The Morgan fingerprint density at radius 1 is 1.08 bits per heavy atom. The number of nitriles is 1. The summed E-state index contributed by atoms with van der Waals surface area (Å²) in [5, 5.41) is 19.8. The van der Waals surface area contributed by atoms with Crippen LogP contribution in [0, 0.1) is 11.3 Å². The first kappa shape index (κ1) is 18.5. The lowest BCUT2D eigenvalue weighted by atomic mass is 10.2. The molecule has 2 aromatic rings. The third-order valence-electron chi connectivity index (χ3n) is 4.46. The molecule has 1 saturated heterocycles. The summed E-state index contributed by atoms with van der Waals surface area (Å²) in [7, 11) is 0. The lowest BCUT2D eigenvalue weighted by Gasteiger charge is -2.37. The number of hydrogen-bond donors (Lipinski definition) is 1. The van der Waals surface area contributed by atoms with Crippen molar-refractivity contribution in [2.24, 2.45) is 0 Å². The normalized spacial score (nSPS) is 16.1. The first-order valence-electron chi connectivity index (χ1n) is 8.68. The van der Waals surface area contributed by atoms with Crippen LogP contribution in [0.4, 0.5) is 5.69 Å². The Morgan fingerprint density at radius 2 is 1.77 bits per heavy atom. The second-order valence-electron chi connectivity index (χ2n) is 6.34.